The zero-order chi connectivity index (χ0) is 19.8. The van der Waals surface area contributed by atoms with Gasteiger partial charge in [-0.05, 0) is 32.0 Å². The summed E-state index contributed by atoms with van der Waals surface area (Å²) in [7, 11) is 1.58. The molecule has 0 saturated carbocycles. The number of amides is 1. The molecule has 1 aliphatic rings. The van der Waals surface area contributed by atoms with Crippen molar-refractivity contribution in [1.82, 2.24) is 10.2 Å². The highest BCUT2D eigenvalue weighted by Gasteiger charge is 2.14. The maximum absolute atomic E-state index is 12.2. The minimum atomic E-state index is -0.331. The lowest BCUT2D eigenvalue weighted by molar-refractivity contribution is -0.123. The number of likely N-dealkylation sites (tertiary alicyclic amines) is 1. The number of methoxy groups -OCH3 is 1. The van der Waals surface area contributed by atoms with Gasteiger partial charge in [-0.3, -0.25) is 14.5 Å². The van der Waals surface area contributed by atoms with Crippen molar-refractivity contribution in [2.45, 2.75) is 32.4 Å². The molecular formula is C21H26N2O5. The molecule has 0 spiro atoms. The van der Waals surface area contributed by atoms with Gasteiger partial charge >= 0.3 is 0 Å². The van der Waals surface area contributed by atoms with Crippen molar-refractivity contribution in [1.29, 1.82) is 0 Å². The second-order valence-electron chi connectivity index (χ2n) is 6.79. The third-order valence-corrected chi connectivity index (χ3v) is 4.71. The average Bonchev–Trinajstić information content (AvgIpc) is 2.72. The molecule has 1 N–H and O–H groups in total. The molecule has 0 bridgehead atoms. The number of benzene rings is 1. The molecule has 1 aromatic carbocycles. The quantitative estimate of drug-likeness (QED) is 0.750. The van der Waals surface area contributed by atoms with Gasteiger partial charge in [0.15, 0.2) is 6.61 Å². The number of rotatable bonds is 8. The molecule has 150 valence electrons. The van der Waals surface area contributed by atoms with E-state index in [1.807, 2.05) is 24.3 Å². The fourth-order valence-corrected chi connectivity index (χ4v) is 3.20. The summed E-state index contributed by atoms with van der Waals surface area (Å²) in [6.07, 6.45) is 4.90. The molecule has 1 amide bonds. The number of piperidine rings is 1. The van der Waals surface area contributed by atoms with Gasteiger partial charge in [-0.1, -0.05) is 24.6 Å². The Labute approximate surface area is 164 Å². The molecule has 1 aromatic heterocycles. The number of hydrogen-bond acceptors (Lipinski definition) is 6. The second kappa shape index (κ2) is 9.94. The molecule has 0 unspecified atom stereocenters. The summed E-state index contributed by atoms with van der Waals surface area (Å²) >= 11 is 0. The van der Waals surface area contributed by atoms with Crippen LogP contribution in [-0.2, 0) is 17.9 Å². The van der Waals surface area contributed by atoms with E-state index >= 15 is 0 Å². The molecule has 0 radical (unpaired) electrons. The Kier molecular flexibility index (Phi) is 7.08. The number of para-hydroxylation sites is 1. The van der Waals surface area contributed by atoms with E-state index < -0.39 is 0 Å². The van der Waals surface area contributed by atoms with Crippen molar-refractivity contribution in [2.24, 2.45) is 0 Å². The topological polar surface area (TPSA) is 81.0 Å². The van der Waals surface area contributed by atoms with Gasteiger partial charge in [0.25, 0.3) is 5.91 Å². The van der Waals surface area contributed by atoms with E-state index in [4.69, 9.17) is 13.9 Å². The van der Waals surface area contributed by atoms with E-state index in [2.05, 4.69) is 10.2 Å². The van der Waals surface area contributed by atoms with Gasteiger partial charge in [0.05, 0.1) is 13.7 Å². The minimum Gasteiger partial charge on any atom is -0.496 e. The van der Waals surface area contributed by atoms with Gasteiger partial charge in [0.1, 0.15) is 17.8 Å². The summed E-state index contributed by atoms with van der Waals surface area (Å²) in [5.41, 5.74) is 0.579. The summed E-state index contributed by atoms with van der Waals surface area (Å²) in [6, 6.07) is 8.87. The fourth-order valence-electron chi connectivity index (χ4n) is 3.20. The molecule has 1 fully saturated rings. The lowest BCUT2D eigenvalue weighted by atomic mass is 10.1. The van der Waals surface area contributed by atoms with E-state index in [1.165, 1.54) is 31.6 Å². The Hall–Kier alpha value is -2.80. The first-order valence-corrected chi connectivity index (χ1v) is 9.51. The van der Waals surface area contributed by atoms with Crippen LogP contribution in [0.2, 0.25) is 0 Å². The van der Waals surface area contributed by atoms with E-state index in [1.54, 1.807) is 7.11 Å². The SMILES string of the molecule is COc1ccccc1CNC(=O)COc1coc(CN2CCCCC2)cc1=O. The molecular weight excluding hydrogens is 360 g/mol. The van der Waals surface area contributed by atoms with Crippen molar-refractivity contribution in [2.75, 3.05) is 26.8 Å². The van der Waals surface area contributed by atoms with Crippen molar-refractivity contribution >= 4 is 5.91 Å². The second-order valence-corrected chi connectivity index (χ2v) is 6.79. The van der Waals surface area contributed by atoms with Gasteiger partial charge in [0, 0.05) is 18.2 Å². The molecule has 2 aromatic rings. The summed E-state index contributed by atoms with van der Waals surface area (Å²) in [4.78, 5) is 26.5. The van der Waals surface area contributed by atoms with Gasteiger partial charge in [-0.2, -0.15) is 0 Å². The van der Waals surface area contributed by atoms with Gasteiger partial charge in [0.2, 0.25) is 11.2 Å². The van der Waals surface area contributed by atoms with Crippen LogP contribution in [0.15, 0.2) is 45.8 Å². The Morgan fingerprint density at radius 1 is 1.18 bits per heavy atom. The lowest BCUT2D eigenvalue weighted by Crippen LogP contribution is -2.30. The molecule has 7 nitrogen and oxygen atoms in total. The lowest BCUT2D eigenvalue weighted by Gasteiger charge is -2.25. The number of hydrogen-bond donors (Lipinski definition) is 1. The minimum absolute atomic E-state index is 0.0369. The highest BCUT2D eigenvalue weighted by molar-refractivity contribution is 5.77. The Bertz CT molecular complexity index is 843. The third kappa shape index (κ3) is 5.60. The highest BCUT2D eigenvalue weighted by Crippen LogP contribution is 2.17. The smallest absolute Gasteiger partial charge is 0.258 e. The summed E-state index contributed by atoms with van der Waals surface area (Å²) < 4.78 is 16.1. The van der Waals surface area contributed by atoms with Crippen LogP contribution in [0.3, 0.4) is 0 Å². The van der Waals surface area contributed by atoms with Crippen LogP contribution in [0.4, 0.5) is 0 Å². The summed E-state index contributed by atoms with van der Waals surface area (Å²) in [5.74, 6) is 1.02. The fraction of sp³-hybridized carbons (Fsp3) is 0.429. The molecule has 28 heavy (non-hydrogen) atoms. The highest BCUT2D eigenvalue weighted by atomic mass is 16.5. The van der Waals surface area contributed by atoms with Crippen LogP contribution in [0, 0.1) is 0 Å². The van der Waals surface area contributed by atoms with Crippen molar-refractivity contribution < 1.29 is 18.7 Å². The molecule has 7 heteroatoms. The zero-order valence-electron chi connectivity index (χ0n) is 16.1. The molecule has 2 heterocycles. The first-order valence-electron chi connectivity index (χ1n) is 9.51. The normalized spacial score (nSPS) is 14.5. The van der Waals surface area contributed by atoms with Crippen LogP contribution in [0.5, 0.6) is 11.5 Å². The molecule has 3 rings (SSSR count). The van der Waals surface area contributed by atoms with Crippen LogP contribution >= 0.6 is 0 Å². The zero-order valence-corrected chi connectivity index (χ0v) is 16.1. The summed E-state index contributed by atoms with van der Waals surface area (Å²) in [5, 5.41) is 2.75. The predicted molar refractivity (Wildman–Crippen MR) is 104 cm³/mol. The van der Waals surface area contributed by atoms with Crippen molar-refractivity contribution in [3.8, 4) is 11.5 Å². The van der Waals surface area contributed by atoms with Gasteiger partial charge in [-0.15, -0.1) is 0 Å². The first-order chi connectivity index (χ1) is 13.7. The first kappa shape index (κ1) is 19.9. The standard InChI is InChI=1S/C21H26N2O5/c1-26-19-8-4-3-7-16(19)12-22-21(25)15-28-20-14-27-17(11-18(20)24)13-23-9-5-2-6-10-23/h3-4,7-8,11,14H,2,5-6,9-10,12-13,15H2,1H3,(H,22,25). The molecule has 1 saturated heterocycles. The number of ether oxygens (including phenoxy) is 2. The number of nitrogens with one attached hydrogen (secondary N) is 1. The molecule has 0 atom stereocenters. The van der Waals surface area contributed by atoms with Crippen LogP contribution in [-0.4, -0.2) is 37.6 Å². The number of carbonyl (C=O) groups is 1. The van der Waals surface area contributed by atoms with E-state index in [0.717, 1.165) is 18.7 Å². The maximum atomic E-state index is 12.2. The van der Waals surface area contributed by atoms with E-state index in [0.29, 0.717) is 24.6 Å². The maximum Gasteiger partial charge on any atom is 0.258 e. The van der Waals surface area contributed by atoms with Crippen LogP contribution in [0.1, 0.15) is 30.6 Å². The Morgan fingerprint density at radius 3 is 2.71 bits per heavy atom. The number of nitrogens with zero attached hydrogens (tertiary/aromatic N) is 1. The van der Waals surface area contributed by atoms with Crippen molar-refractivity contribution in [3.63, 3.8) is 0 Å². The largest absolute Gasteiger partial charge is 0.496 e. The van der Waals surface area contributed by atoms with Crippen LogP contribution < -0.4 is 20.2 Å². The Morgan fingerprint density at radius 2 is 1.96 bits per heavy atom. The molecule has 0 aliphatic carbocycles. The van der Waals surface area contributed by atoms with Crippen LogP contribution in [0.25, 0.3) is 0 Å². The summed E-state index contributed by atoms with van der Waals surface area (Å²) in [6.45, 7) is 2.72. The predicted octanol–water partition coefficient (Wildman–Crippen LogP) is 2.33. The van der Waals surface area contributed by atoms with Gasteiger partial charge in [-0.25, -0.2) is 0 Å². The third-order valence-electron chi connectivity index (χ3n) is 4.71. The van der Waals surface area contributed by atoms with Gasteiger partial charge < -0.3 is 19.2 Å². The molecule has 1 aliphatic heterocycles. The van der Waals surface area contributed by atoms with Crippen molar-refractivity contribution in [3.05, 3.63) is 58.1 Å². The average molecular weight is 386 g/mol. The Balaban J connectivity index is 1.48. The van der Waals surface area contributed by atoms with E-state index in [9.17, 15) is 9.59 Å². The van der Waals surface area contributed by atoms with E-state index in [-0.39, 0.29) is 23.7 Å². The number of carbonyl (C=O) groups excluding carboxylic acids is 1. The monoisotopic (exact) mass is 386 g/mol.